The second-order valence-electron chi connectivity index (χ2n) is 7.16. The number of benzene rings is 1. The lowest BCUT2D eigenvalue weighted by Gasteiger charge is -2.28. The van der Waals surface area contributed by atoms with Gasteiger partial charge >= 0.3 is 6.03 Å². The molecule has 1 aromatic carbocycles. The van der Waals surface area contributed by atoms with Gasteiger partial charge in [0, 0.05) is 62.3 Å². The van der Waals surface area contributed by atoms with Gasteiger partial charge in [-0.25, -0.2) is 9.78 Å². The van der Waals surface area contributed by atoms with Crippen molar-refractivity contribution in [2.75, 3.05) is 55.4 Å². The Labute approximate surface area is 173 Å². The van der Waals surface area contributed by atoms with Gasteiger partial charge < -0.3 is 15.1 Å². The van der Waals surface area contributed by atoms with E-state index in [1.165, 1.54) is 0 Å². The molecule has 1 N–H and O–H groups in total. The number of anilines is 3. The van der Waals surface area contributed by atoms with Gasteiger partial charge in [0.1, 0.15) is 11.7 Å². The van der Waals surface area contributed by atoms with Gasteiger partial charge in [0.25, 0.3) is 0 Å². The van der Waals surface area contributed by atoms with Gasteiger partial charge in [0.05, 0.1) is 11.6 Å². The normalized spacial score (nSPS) is 17.9. The van der Waals surface area contributed by atoms with Crippen LogP contribution in [0.25, 0.3) is 11.6 Å². The molecule has 8 nitrogen and oxygen atoms in total. The van der Waals surface area contributed by atoms with E-state index < -0.39 is 0 Å². The van der Waals surface area contributed by atoms with Crippen molar-refractivity contribution in [2.24, 2.45) is 4.99 Å². The van der Waals surface area contributed by atoms with Crippen LogP contribution in [0.4, 0.5) is 22.2 Å². The molecule has 2 amide bonds. The highest BCUT2D eigenvalue weighted by molar-refractivity contribution is 6.40. The number of carbonyl (C=O) groups is 1. The minimum atomic E-state index is -0.0107. The molecule has 4 heterocycles. The summed E-state index contributed by atoms with van der Waals surface area (Å²) in [6, 6.07) is 5.74. The first-order valence-corrected chi connectivity index (χ1v) is 9.86. The van der Waals surface area contributed by atoms with Crippen molar-refractivity contribution in [2.45, 2.75) is 0 Å². The molecule has 9 heteroatoms. The van der Waals surface area contributed by atoms with Crippen molar-refractivity contribution in [3.8, 4) is 0 Å². The first-order valence-electron chi connectivity index (χ1n) is 9.48. The summed E-state index contributed by atoms with van der Waals surface area (Å²) in [6.07, 6.45) is 3.84. The van der Waals surface area contributed by atoms with E-state index in [0.717, 1.165) is 40.6 Å². The summed E-state index contributed by atoms with van der Waals surface area (Å²) in [5.74, 6) is 2.29. The zero-order chi connectivity index (χ0) is 20.1. The van der Waals surface area contributed by atoms with E-state index in [-0.39, 0.29) is 6.03 Å². The predicted octanol–water partition coefficient (Wildman–Crippen LogP) is 2.82. The average Bonchev–Trinajstić information content (AvgIpc) is 3.35. The molecular weight excluding hydrogens is 390 g/mol. The van der Waals surface area contributed by atoms with Crippen molar-refractivity contribution in [3.05, 3.63) is 40.5 Å². The molecule has 0 spiro atoms. The minimum Gasteiger partial charge on any atom is -0.357 e. The van der Waals surface area contributed by atoms with E-state index >= 15 is 0 Å². The van der Waals surface area contributed by atoms with Crippen molar-refractivity contribution >= 4 is 52.6 Å². The Morgan fingerprint density at radius 2 is 2.03 bits per heavy atom. The third-order valence-electron chi connectivity index (χ3n) is 5.43. The number of aliphatic imine (C=N–C) groups is 1. The van der Waals surface area contributed by atoms with Crippen LogP contribution >= 0.6 is 11.6 Å². The highest BCUT2D eigenvalue weighted by Gasteiger charge is 2.32. The standard InChI is InChI=1S/C20H20ClN7O/c1-22-19-24-11-12-9-15(18-23-5-6-28(18)17(12)25-19)14-4-3-13(10-16(14)21)27-8-7-26(2)20(27)29/h3-4,9-11H,5-8H2,1-2H3,(H,22,24,25). The lowest BCUT2D eigenvalue weighted by Crippen LogP contribution is -2.32. The summed E-state index contributed by atoms with van der Waals surface area (Å²) in [7, 11) is 3.60. The largest absolute Gasteiger partial charge is 0.357 e. The third kappa shape index (κ3) is 2.82. The minimum absolute atomic E-state index is 0.0107. The van der Waals surface area contributed by atoms with Crippen LogP contribution in [-0.4, -0.2) is 67.0 Å². The summed E-state index contributed by atoms with van der Waals surface area (Å²) < 4.78 is 0. The molecule has 3 aliphatic heterocycles. The molecule has 1 saturated heterocycles. The molecule has 0 radical (unpaired) electrons. The molecule has 0 unspecified atom stereocenters. The van der Waals surface area contributed by atoms with E-state index in [9.17, 15) is 4.79 Å². The molecule has 5 rings (SSSR count). The van der Waals surface area contributed by atoms with Gasteiger partial charge in [-0.3, -0.25) is 9.89 Å². The molecule has 0 bridgehead atoms. The maximum Gasteiger partial charge on any atom is 0.324 e. The number of fused-ring (bicyclic) bond motifs is 3. The first-order chi connectivity index (χ1) is 14.1. The number of rotatable bonds is 3. The van der Waals surface area contributed by atoms with Crippen molar-refractivity contribution in [1.82, 2.24) is 14.9 Å². The predicted molar refractivity (Wildman–Crippen MR) is 116 cm³/mol. The number of likely N-dealkylation sites (N-methyl/N-ethyl adjacent to an activating group) is 1. The van der Waals surface area contributed by atoms with Crippen molar-refractivity contribution < 1.29 is 4.79 Å². The molecule has 3 aliphatic rings. The number of aromatic nitrogens is 2. The summed E-state index contributed by atoms with van der Waals surface area (Å²) in [6.45, 7) is 2.84. The third-order valence-corrected chi connectivity index (χ3v) is 5.74. The Balaban J connectivity index is 1.56. The van der Waals surface area contributed by atoms with Crippen LogP contribution in [0.1, 0.15) is 11.1 Å². The zero-order valence-electron chi connectivity index (χ0n) is 16.2. The molecule has 148 valence electrons. The first kappa shape index (κ1) is 17.9. The summed E-state index contributed by atoms with van der Waals surface area (Å²) in [4.78, 5) is 31.5. The summed E-state index contributed by atoms with van der Waals surface area (Å²) >= 11 is 6.68. The Morgan fingerprint density at radius 1 is 1.17 bits per heavy atom. The number of urea groups is 1. The number of amidine groups is 1. The van der Waals surface area contributed by atoms with Crippen molar-refractivity contribution in [3.63, 3.8) is 0 Å². The fourth-order valence-corrected chi connectivity index (χ4v) is 4.18. The van der Waals surface area contributed by atoms with Gasteiger partial charge in [-0.05, 0) is 18.2 Å². The van der Waals surface area contributed by atoms with Crippen LogP contribution in [0, 0.1) is 0 Å². The Hall–Kier alpha value is -3.13. The van der Waals surface area contributed by atoms with Crippen LogP contribution in [-0.2, 0) is 0 Å². The lowest BCUT2D eigenvalue weighted by atomic mass is 9.98. The van der Waals surface area contributed by atoms with E-state index in [4.69, 9.17) is 16.6 Å². The molecular formula is C20H20ClN7O. The molecule has 1 aromatic heterocycles. The molecule has 0 aliphatic carbocycles. The molecule has 0 saturated carbocycles. The van der Waals surface area contributed by atoms with Crippen LogP contribution < -0.4 is 15.1 Å². The number of amides is 2. The highest BCUT2D eigenvalue weighted by Crippen LogP contribution is 2.38. The van der Waals surface area contributed by atoms with Gasteiger partial charge in [-0.15, -0.1) is 0 Å². The van der Waals surface area contributed by atoms with Crippen LogP contribution in [0.2, 0.25) is 5.02 Å². The number of hydrogen-bond donors (Lipinski definition) is 1. The number of nitrogens with zero attached hydrogens (tertiary/aromatic N) is 6. The summed E-state index contributed by atoms with van der Waals surface area (Å²) in [5, 5.41) is 3.57. The average molecular weight is 410 g/mol. The Kier molecular flexibility index (Phi) is 4.16. The van der Waals surface area contributed by atoms with E-state index in [1.54, 1.807) is 23.9 Å². The second kappa shape index (κ2) is 6.73. The highest BCUT2D eigenvalue weighted by atomic mass is 35.5. The zero-order valence-corrected chi connectivity index (χ0v) is 16.9. The van der Waals surface area contributed by atoms with E-state index in [1.807, 2.05) is 30.5 Å². The fraction of sp³-hybridized carbons (Fsp3) is 0.300. The molecule has 2 aromatic rings. The fourth-order valence-electron chi connectivity index (χ4n) is 3.90. The van der Waals surface area contributed by atoms with Gasteiger partial charge in [-0.2, -0.15) is 4.98 Å². The monoisotopic (exact) mass is 409 g/mol. The van der Waals surface area contributed by atoms with Crippen LogP contribution in [0.5, 0.6) is 0 Å². The number of nitrogens with one attached hydrogen (secondary N) is 1. The SMILES string of the molecule is CNc1ncc2c(n1)N1CCN=C1C(c1ccc(N3CCN(C)C3=O)cc1Cl)=C2. The van der Waals surface area contributed by atoms with Gasteiger partial charge in [-0.1, -0.05) is 17.7 Å². The smallest absolute Gasteiger partial charge is 0.324 e. The van der Waals surface area contributed by atoms with Gasteiger partial charge in [0.2, 0.25) is 5.95 Å². The number of halogens is 1. The Bertz CT molecular complexity index is 1080. The van der Waals surface area contributed by atoms with E-state index in [0.29, 0.717) is 30.6 Å². The van der Waals surface area contributed by atoms with Crippen LogP contribution in [0.15, 0.2) is 29.4 Å². The van der Waals surface area contributed by atoms with Crippen molar-refractivity contribution in [1.29, 1.82) is 0 Å². The lowest BCUT2D eigenvalue weighted by molar-refractivity contribution is 0.229. The second-order valence-corrected chi connectivity index (χ2v) is 7.56. The quantitative estimate of drug-likeness (QED) is 0.843. The maximum absolute atomic E-state index is 12.3. The molecule has 29 heavy (non-hydrogen) atoms. The molecule has 1 fully saturated rings. The Morgan fingerprint density at radius 3 is 2.76 bits per heavy atom. The van der Waals surface area contributed by atoms with Gasteiger partial charge in [0.15, 0.2) is 0 Å². The number of hydrogen-bond acceptors (Lipinski definition) is 6. The number of carbonyl (C=O) groups excluding carboxylic acids is 1. The molecule has 0 atom stereocenters. The maximum atomic E-state index is 12.3. The van der Waals surface area contributed by atoms with Crippen LogP contribution in [0.3, 0.4) is 0 Å². The topological polar surface area (TPSA) is 77.0 Å². The van der Waals surface area contributed by atoms with E-state index in [2.05, 4.69) is 20.2 Å². The summed E-state index contributed by atoms with van der Waals surface area (Å²) in [5.41, 5.74) is 3.55.